The fourth-order valence-corrected chi connectivity index (χ4v) is 2.30. The number of nitrogens with zero attached hydrogens (tertiary/aromatic N) is 2. The Morgan fingerprint density at radius 1 is 1.38 bits per heavy atom. The number of aromatic hydroxyl groups is 1. The van der Waals surface area contributed by atoms with Crippen LogP contribution in [0.1, 0.15) is 16.1 Å². The first-order chi connectivity index (χ1) is 11.4. The van der Waals surface area contributed by atoms with Crippen LogP contribution in [0.15, 0.2) is 23.3 Å². The lowest BCUT2D eigenvalue weighted by Gasteiger charge is -2.08. The van der Waals surface area contributed by atoms with Gasteiger partial charge in [0.1, 0.15) is 5.02 Å². The van der Waals surface area contributed by atoms with Crippen LogP contribution in [0.25, 0.3) is 0 Å². The second kappa shape index (κ2) is 7.57. The molecule has 126 valence electrons. The number of phenols is 1. The van der Waals surface area contributed by atoms with Crippen LogP contribution in [0, 0.1) is 0 Å². The Morgan fingerprint density at radius 2 is 2.08 bits per heavy atom. The Labute approximate surface area is 152 Å². The molecule has 0 aliphatic carbocycles. The summed E-state index contributed by atoms with van der Waals surface area (Å²) in [5, 5.41) is 13.3. The van der Waals surface area contributed by atoms with Crippen molar-refractivity contribution in [3.05, 3.63) is 44.7 Å². The van der Waals surface area contributed by atoms with E-state index < -0.39 is 5.91 Å². The van der Waals surface area contributed by atoms with Crippen LogP contribution in [-0.2, 0) is 0 Å². The van der Waals surface area contributed by atoms with Crippen molar-refractivity contribution in [1.29, 1.82) is 0 Å². The third-order valence-corrected chi connectivity index (χ3v) is 4.04. The van der Waals surface area contributed by atoms with Gasteiger partial charge in [0, 0.05) is 5.56 Å². The summed E-state index contributed by atoms with van der Waals surface area (Å²) in [6.07, 6.45) is 1.23. The Kier molecular flexibility index (Phi) is 5.71. The number of rotatable bonds is 4. The summed E-state index contributed by atoms with van der Waals surface area (Å²) in [5.41, 5.74) is 7.89. The van der Waals surface area contributed by atoms with Crippen molar-refractivity contribution in [3.63, 3.8) is 0 Å². The average Bonchev–Trinajstić information content (AvgIpc) is 2.57. The number of halogens is 3. The quantitative estimate of drug-likeness (QED) is 0.423. The molecule has 1 aromatic carbocycles. The molecule has 0 radical (unpaired) electrons. The Hall–Kier alpha value is -2.22. The van der Waals surface area contributed by atoms with Crippen LogP contribution in [-0.4, -0.2) is 29.3 Å². The normalized spacial score (nSPS) is 10.8. The Bertz CT molecular complexity index is 827. The monoisotopic (exact) mass is 388 g/mol. The third-order valence-electron chi connectivity index (χ3n) is 2.91. The van der Waals surface area contributed by atoms with Gasteiger partial charge in [0.15, 0.2) is 22.3 Å². The molecule has 0 bridgehead atoms. The van der Waals surface area contributed by atoms with E-state index in [-0.39, 0.29) is 38.1 Å². The maximum atomic E-state index is 12.1. The van der Waals surface area contributed by atoms with E-state index in [4.69, 9.17) is 45.3 Å². The fraction of sp³-hybridized carbons (Fsp3) is 0.0714. The fourth-order valence-electron chi connectivity index (χ4n) is 1.70. The highest BCUT2D eigenvalue weighted by atomic mass is 35.5. The highest BCUT2D eigenvalue weighted by Gasteiger charge is 2.19. The number of hydrazone groups is 1. The van der Waals surface area contributed by atoms with Crippen molar-refractivity contribution in [3.8, 4) is 11.5 Å². The van der Waals surface area contributed by atoms with Gasteiger partial charge in [-0.25, -0.2) is 10.4 Å². The van der Waals surface area contributed by atoms with Crippen LogP contribution in [0.2, 0.25) is 15.2 Å². The highest BCUT2D eigenvalue weighted by molar-refractivity contribution is 6.46. The van der Waals surface area contributed by atoms with E-state index in [0.29, 0.717) is 5.56 Å². The molecule has 0 spiro atoms. The van der Waals surface area contributed by atoms with Crippen molar-refractivity contribution in [1.82, 2.24) is 10.4 Å². The zero-order valence-electron chi connectivity index (χ0n) is 12.2. The van der Waals surface area contributed by atoms with Crippen molar-refractivity contribution in [2.75, 3.05) is 12.8 Å². The molecule has 1 heterocycles. The van der Waals surface area contributed by atoms with Gasteiger partial charge in [-0.1, -0.05) is 40.9 Å². The molecule has 0 saturated heterocycles. The number of aromatic nitrogens is 1. The lowest BCUT2D eigenvalue weighted by molar-refractivity contribution is 0.0950. The molecule has 0 unspecified atom stereocenters. The van der Waals surface area contributed by atoms with Crippen LogP contribution in [0.5, 0.6) is 11.5 Å². The summed E-state index contributed by atoms with van der Waals surface area (Å²) in [6, 6.07) is 4.81. The number of hydrogen-bond donors (Lipinski definition) is 3. The topological polar surface area (TPSA) is 110 Å². The minimum Gasteiger partial charge on any atom is -0.504 e. The molecular formula is C14H11Cl3N4O3. The van der Waals surface area contributed by atoms with Gasteiger partial charge in [-0.15, -0.1) is 0 Å². The number of benzene rings is 1. The summed E-state index contributed by atoms with van der Waals surface area (Å²) < 4.78 is 4.97. The first kappa shape index (κ1) is 18.1. The number of nitrogens with one attached hydrogen (secondary N) is 1. The molecular weight excluding hydrogens is 379 g/mol. The molecule has 24 heavy (non-hydrogen) atoms. The van der Waals surface area contributed by atoms with Crippen LogP contribution < -0.4 is 15.9 Å². The molecule has 4 N–H and O–H groups in total. The largest absolute Gasteiger partial charge is 0.504 e. The molecule has 1 amide bonds. The Morgan fingerprint density at radius 3 is 2.75 bits per heavy atom. The molecule has 2 aromatic rings. The number of phenolic OH excluding ortho intramolecular Hbond substituents is 1. The average molecular weight is 390 g/mol. The predicted octanol–water partition coefficient (Wildman–Crippen LogP) is 3.10. The number of hydrogen-bond acceptors (Lipinski definition) is 6. The number of nitrogen functional groups attached to an aromatic ring is 1. The standard InChI is InChI=1S/C14H11Cl3N4O3/c1-24-7-4-2-3-6(12(7)22)5-19-21-14(23)11-8(15)10(18)9(16)13(17)20-11/h2-5,22H,1H3,(H2,18,20)(H,21,23)/b19-5+. The number of carbonyl (C=O) groups excluding carboxylic acids is 1. The third kappa shape index (κ3) is 3.64. The highest BCUT2D eigenvalue weighted by Crippen LogP contribution is 2.34. The molecule has 0 atom stereocenters. The van der Waals surface area contributed by atoms with E-state index in [9.17, 15) is 9.90 Å². The Balaban J connectivity index is 2.20. The van der Waals surface area contributed by atoms with Crippen LogP contribution >= 0.6 is 34.8 Å². The number of anilines is 1. The maximum absolute atomic E-state index is 12.1. The zero-order chi connectivity index (χ0) is 17.9. The van der Waals surface area contributed by atoms with Gasteiger partial charge in [-0.3, -0.25) is 4.79 Å². The zero-order valence-corrected chi connectivity index (χ0v) is 14.4. The van der Waals surface area contributed by atoms with E-state index in [1.165, 1.54) is 13.3 Å². The predicted molar refractivity (Wildman–Crippen MR) is 93.4 cm³/mol. The first-order valence-electron chi connectivity index (χ1n) is 6.36. The maximum Gasteiger partial charge on any atom is 0.291 e. The van der Waals surface area contributed by atoms with E-state index in [2.05, 4.69) is 15.5 Å². The molecule has 1 aromatic heterocycles. The summed E-state index contributed by atoms with van der Waals surface area (Å²) >= 11 is 17.5. The lowest BCUT2D eigenvalue weighted by Crippen LogP contribution is -2.20. The van der Waals surface area contributed by atoms with Crippen LogP contribution in [0.4, 0.5) is 5.69 Å². The molecule has 7 nitrogen and oxygen atoms in total. The van der Waals surface area contributed by atoms with Gasteiger partial charge in [0.05, 0.1) is 24.0 Å². The number of ether oxygens (including phenoxy) is 1. The SMILES string of the molecule is COc1cccc(/C=N/NC(=O)c2nc(Cl)c(Cl)c(N)c2Cl)c1O. The number of methoxy groups -OCH3 is 1. The number of amides is 1. The smallest absolute Gasteiger partial charge is 0.291 e. The molecule has 0 aliphatic heterocycles. The van der Waals surface area contributed by atoms with E-state index in [1.807, 2.05) is 0 Å². The molecule has 2 rings (SSSR count). The van der Waals surface area contributed by atoms with Crippen LogP contribution in [0.3, 0.4) is 0 Å². The second-order valence-corrected chi connectivity index (χ2v) is 5.50. The number of carbonyl (C=O) groups is 1. The van der Waals surface area contributed by atoms with Crippen molar-refractivity contribution in [2.45, 2.75) is 0 Å². The first-order valence-corrected chi connectivity index (χ1v) is 7.49. The van der Waals surface area contributed by atoms with Gasteiger partial charge in [-0.2, -0.15) is 5.10 Å². The number of para-hydroxylation sites is 1. The van der Waals surface area contributed by atoms with Gasteiger partial charge < -0.3 is 15.6 Å². The number of pyridine rings is 1. The van der Waals surface area contributed by atoms with Gasteiger partial charge >= 0.3 is 0 Å². The molecule has 0 fully saturated rings. The second-order valence-electron chi connectivity index (χ2n) is 4.39. The van der Waals surface area contributed by atoms with Crippen molar-refractivity contribution in [2.24, 2.45) is 5.10 Å². The van der Waals surface area contributed by atoms with E-state index >= 15 is 0 Å². The molecule has 0 saturated carbocycles. The van der Waals surface area contributed by atoms with Gasteiger partial charge in [0.2, 0.25) is 0 Å². The van der Waals surface area contributed by atoms with Gasteiger partial charge in [0.25, 0.3) is 5.91 Å². The summed E-state index contributed by atoms with van der Waals surface area (Å²) in [5.74, 6) is -0.593. The summed E-state index contributed by atoms with van der Waals surface area (Å²) in [6.45, 7) is 0. The van der Waals surface area contributed by atoms with Gasteiger partial charge in [-0.05, 0) is 12.1 Å². The number of nitrogens with two attached hydrogens (primary N) is 1. The molecule has 0 aliphatic rings. The molecule has 10 heteroatoms. The minimum absolute atomic E-state index is 0.0389. The lowest BCUT2D eigenvalue weighted by atomic mass is 10.2. The summed E-state index contributed by atoms with van der Waals surface area (Å²) in [7, 11) is 1.42. The van der Waals surface area contributed by atoms with Crippen molar-refractivity contribution < 1.29 is 14.6 Å². The van der Waals surface area contributed by atoms with Crippen molar-refractivity contribution >= 4 is 52.6 Å². The van der Waals surface area contributed by atoms with E-state index in [0.717, 1.165) is 0 Å². The minimum atomic E-state index is -0.746. The summed E-state index contributed by atoms with van der Waals surface area (Å²) in [4.78, 5) is 15.8. The van der Waals surface area contributed by atoms with E-state index in [1.54, 1.807) is 18.2 Å².